The van der Waals surface area contributed by atoms with Crippen LogP contribution in [0.1, 0.15) is 40.3 Å². The second kappa shape index (κ2) is 9.54. The maximum absolute atomic E-state index is 6.75. The van der Waals surface area contributed by atoms with Crippen molar-refractivity contribution in [3.63, 3.8) is 0 Å². The van der Waals surface area contributed by atoms with Crippen LogP contribution in [0.5, 0.6) is 23.0 Å². The van der Waals surface area contributed by atoms with Gasteiger partial charge >= 0.3 is 0 Å². The molecular weight excluding hydrogens is 533 g/mol. The van der Waals surface area contributed by atoms with Gasteiger partial charge in [0.2, 0.25) is 10.6 Å². The molecule has 6 rings (SSSR count). The summed E-state index contributed by atoms with van der Waals surface area (Å²) < 4.78 is 21.4. The van der Waals surface area contributed by atoms with Gasteiger partial charge in [-0.15, -0.1) is 0 Å². The number of benzene rings is 3. The van der Waals surface area contributed by atoms with Crippen LogP contribution in [-0.4, -0.2) is 36.2 Å². The molecule has 3 aliphatic heterocycles. The second-order valence-electron chi connectivity index (χ2n) is 9.33. The summed E-state index contributed by atoms with van der Waals surface area (Å²) in [7, 11) is 3.25. The Labute approximate surface area is 231 Å². The van der Waals surface area contributed by atoms with Gasteiger partial charge in [-0.3, -0.25) is 0 Å². The summed E-state index contributed by atoms with van der Waals surface area (Å²) in [5.41, 5.74) is 7.60. The third kappa shape index (κ3) is 4.18. The Morgan fingerprint density at radius 2 is 1.68 bits per heavy atom. The largest absolute Gasteiger partial charge is 0.493 e. The maximum Gasteiger partial charge on any atom is 0.231 e. The van der Waals surface area contributed by atoms with E-state index in [2.05, 4.69) is 47.4 Å². The van der Waals surface area contributed by atoms with Crippen molar-refractivity contribution in [3.05, 3.63) is 82.4 Å². The van der Waals surface area contributed by atoms with E-state index in [9.17, 15) is 0 Å². The molecule has 192 valence electrons. The number of allylic oxidation sites excluding steroid dienone is 1. The summed E-state index contributed by atoms with van der Waals surface area (Å²) in [6, 6.07) is 18.0. The number of alkyl halides is 3. The lowest BCUT2D eigenvalue weighted by molar-refractivity contribution is 0.174. The molecule has 0 bridgehead atoms. The van der Waals surface area contributed by atoms with E-state index in [1.807, 2.05) is 12.1 Å². The third-order valence-electron chi connectivity index (χ3n) is 7.36. The van der Waals surface area contributed by atoms with E-state index >= 15 is 0 Å². The molecule has 0 fully saturated rings. The van der Waals surface area contributed by atoms with Gasteiger partial charge < -0.3 is 23.8 Å². The summed E-state index contributed by atoms with van der Waals surface area (Å²) in [6.07, 6.45) is 2.43. The fourth-order valence-corrected chi connectivity index (χ4v) is 6.47. The van der Waals surface area contributed by atoms with Crippen molar-refractivity contribution >= 4 is 46.1 Å². The molecule has 37 heavy (non-hydrogen) atoms. The van der Waals surface area contributed by atoms with E-state index in [1.165, 1.54) is 16.7 Å². The van der Waals surface area contributed by atoms with Crippen LogP contribution in [0.3, 0.4) is 0 Å². The van der Waals surface area contributed by atoms with Gasteiger partial charge in [0, 0.05) is 23.4 Å². The topological polar surface area (TPSA) is 40.2 Å². The third-order valence-corrected chi connectivity index (χ3v) is 7.98. The molecule has 8 heteroatoms. The number of methoxy groups -OCH3 is 2. The number of nitrogens with zero attached hydrogens (tertiary/aromatic N) is 1. The quantitative estimate of drug-likeness (QED) is 0.309. The summed E-state index contributed by atoms with van der Waals surface area (Å²) in [6.45, 7) is 0.896. The Morgan fingerprint density at radius 1 is 0.919 bits per heavy atom. The molecule has 3 aromatic carbocycles. The molecule has 3 aliphatic rings. The van der Waals surface area contributed by atoms with Crippen LogP contribution in [-0.2, 0) is 12.8 Å². The van der Waals surface area contributed by atoms with E-state index in [4.69, 9.17) is 53.8 Å². The van der Waals surface area contributed by atoms with E-state index in [0.29, 0.717) is 18.0 Å². The summed E-state index contributed by atoms with van der Waals surface area (Å²) in [5.74, 6) is 2.70. The standard InChI is InChI=1S/C29H26Cl3NO4/c1-34-22-11-10-19-20(9-8-17-6-4-3-5-7-17)26-21-15-24-23(36-16-37-24)14-18(21)12-13-33(26)28(29(30,31)32)25(19)27(22)35-2/h3-7,10-11,14-15,28H,8-9,12-13,16H2,1-2H3/t28-/m0/s1. The number of aryl methyl sites for hydroxylation is 1. The minimum absolute atomic E-state index is 0.221. The zero-order valence-corrected chi connectivity index (χ0v) is 22.8. The molecule has 0 saturated carbocycles. The minimum atomic E-state index is -1.63. The molecule has 0 N–H and O–H groups in total. The van der Waals surface area contributed by atoms with E-state index in [1.54, 1.807) is 14.2 Å². The molecule has 3 aromatic rings. The van der Waals surface area contributed by atoms with Gasteiger partial charge in [0.1, 0.15) is 6.04 Å². The molecule has 0 amide bonds. The number of halogens is 3. The lowest BCUT2D eigenvalue weighted by Gasteiger charge is -2.47. The number of hydrogen-bond donors (Lipinski definition) is 0. The predicted molar refractivity (Wildman–Crippen MR) is 147 cm³/mol. The van der Waals surface area contributed by atoms with Crippen LogP contribution in [0.4, 0.5) is 0 Å². The highest BCUT2D eigenvalue weighted by molar-refractivity contribution is 6.68. The van der Waals surface area contributed by atoms with E-state index < -0.39 is 9.83 Å². The second-order valence-corrected chi connectivity index (χ2v) is 11.7. The zero-order valence-electron chi connectivity index (χ0n) is 20.5. The summed E-state index contributed by atoms with van der Waals surface area (Å²) in [4.78, 5) is 2.22. The Hall–Kier alpha value is -2.73. The zero-order chi connectivity index (χ0) is 25.7. The molecule has 0 aromatic heterocycles. The number of hydrogen-bond acceptors (Lipinski definition) is 5. The predicted octanol–water partition coefficient (Wildman–Crippen LogP) is 7.22. The van der Waals surface area contributed by atoms with Gasteiger partial charge in [-0.05, 0) is 59.7 Å². The van der Waals surface area contributed by atoms with Crippen molar-refractivity contribution < 1.29 is 18.9 Å². The molecule has 0 saturated heterocycles. The maximum atomic E-state index is 6.75. The first-order valence-corrected chi connectivity index (χ1v) is 13.3. The monoisotopic (exact) mass is 557 g/mol. The van der Waals surface area contributed by atoms with Crippen LogP contribution in [0.2, 0.25) is 0 Å². The average molecular weight is 559 g/mol. The van der Waals surface area contributed by atoms with Crippen molar-refractivity contribution in [1.82, 2.24) is 4.90 Å². The molecule has 1 atom stereocenters. The molecule has 0 unspecified atom stereocenters. The highest BCUT2D eigenvalue weighted by Crippen LogP contribution is 2.58. The summed E-state index contributed by atoms with van der Waals surface area (Å²) >= 11 is 20.3. The Morgan fingerprint density at radius 3 is 2.38 bits per heavy atom. The first kappa shape index (κ1) is 24.6. The Bertz CT molecular complexity index is 1380. The van der Waals surface area contributed by atoms with Crippen molar-refractivity contribution in [2.45, 2.75) is 29.1 Å². The fourth-order valence-electron chi connectivity index (χ4n) is 5.79. The molecule has 3 heterocycles. The summed E-state index contributed by atoms with van der Waals surface area (Å²) in [5, 5.41) is 0. The lowest BCUT2D eigenvalue weighted by atomic mass is 9.80. The first-order chi connectivity index (χ1) is 17.9. The average Bonchev–Trinajstić information content (AvgIpc) is 3.36. The Balaban J connectivity index is 1.62. The van der Waals surface area contributed by atoms with Crippen LogP contribution in [0.15, 0.2) is 54.6 Å². The Kier molecular flexibility index (Phi) is 6.34. The number of rotatable bonds is 5. The van der Waals surface area contributed by atoms with Gasteiger partial charge in [0.15, 0.2) is 23.0 Å². The van der Waals surface area contributed by atoms with Crippen LogP contribution < -0.4 is 18.9 Å². The van der Waals surface area contributed by atoms with E-state index in [-0.39, 0.29) is 6.79 Å². The van der Waals surface area contributed by atoms with Crippen molar-refractivity contribution in [3.8, 4) is 23.0 Å². The number of fused-ring (bicyclic) bond motifs is 5. The SMILES string of the molecule is COc1ccc2c(c1OC)[C@@H](C(Cl)(Cl)Cl)N1CCc3cc4c(cc3C1=C2CCc1ccccc1)OCO4. The highest BCUT2D eigenvalue weighted by Gasteiger charge is 2.48. The first-order valence-electron chi connectivity index (χ1n) is 12.2. The van der Waals surface area contributed by atoms with Crippen LogP contribution >= 0.6 is 34.8 Å². The van der Waals surface area contributed by atoms with Gasteiger partial charge in [-0.2, -0.15) is 0 Å². The van der Waals surface area contributed by atoms with Gasteiger partial charge in [0.05, 0.1) is 14.2 Å². The smallest absolute Gasteiger partial charge is 0.231 e. The number of ether oxygens (including phenoxy) is 4. The molecule has 0 aliphatic carbocycles. The van der Waals surface area contributed by atoms with E-state index in [0.717, 1.165) is 53.1 Å². The van der Waals surface area contributed by atoms with Gasteiger partial charge in [-0.25, -0.2) is 0 Å². The van der Waals surface area contributed by atoms with Crippen molar-refractivity contribution in [2.75, 3.05) is 27.6 Å². The van der Waals surface area contributed by atoms with Gasteiger partial charge in [-0.1, -0.05) is 71.2 Å². The highest BCUT2D eigenvalue weighted by atomic mass is 35.6. The van der Waals surface area contributed by atoms with Crippen LogP contribution in [0.25, 0.3) is 11.3 Å². The normalized spacial score (nSPS) is 17.8. The molecule has 0 spiro atoms. The minimum Gasteiger partial charge on any atom is -0.493 e. The van der Waals surface area contributed by atoms with Crippen molar-refractivity contribution in [1.29, 1.82) is 0 Å². The van der Waals surface area contributed by atoms with Gasteiger partial charge in [0.25, 0.3) is 0 Å². The van der Waals surface area contributed by atoms with Crippen molar-refractivity contribution in [2.24, 2.45) is 0 Å². The van der Waals surface area contributed by atoms with Crippen LogP contribution in [0, 0.1) is 0 Å². The molecule has 0 radical (unpaired) electrons. The lowest BCUT2D eigenvalue weighted by Crippen LogP contribution is -2.42. The fraction of sp³-hybridized carbons (Fsp3) is 0.310. The molecule has 5 nitrogen and oxygen atoms in total. The molecular formula is C29H26Cl3NO4.